The third-order valence-corrected chi connectivity index (χ3v) is 5.43. The van der Waals surface area contributed by atoms with Crippen LogP contribution < -0.4 is 10.2 Å². The Morgan fingerprint density at radius 2 is 1.96 bits per heavy atom. The number of hydrogen-bond donors (Lipinski definition) is 1. The molecule has 3 heterocycles. The number of rotatable bonds is 6. The minimum atomic E-state index is -0.318. The summed E-state index contributed by atoms with van der Waals surface area (Å²) in [4.78, 5) is 15.2. The number of nitrogens with zero attached hydrogens (tertiary/aromatic N) is 4. The van der Waals surface area contributed by atoms with Crippen molar-refractivity contribution >= 4 is 34.5 Å². The van der Waals surface area contributed by atoms with Crippen molar-refractivity contribution in [2.75, 3.05) is 24.3 Å². The molecule has 6 nitrogen and oxygen atoms in total. The van der Waals surface area contributed by atoms with Crippen molar-refractivity contribution in [1.82, 2.24) is 14.6 Å². The molecule has 4 rings (SSSR count). The van der Waals surface area contributed by atoms with Gasteiger partial charge in [0.25, 0.3) is 0 Å². The average molecular weight is 392 g/mol. The van der Waals surface area contributed by atoms with Gasteiger partial charge in [-0.1, -0.05) is 18.2 Å². The summed E-state index contributed by atoms with van der Waals surface area (Å²) >= 11 is 1.64. The van der Waals surface area contributed by atoms with Gasteiger partial charge in [-0.2, -0.15) is 11.3 Å². The van der Waals surface area contributed by atoms with E-state index in [2.05, 4.69) is 27.0 Å². The van der Waals surface area contributed by atoms with Gasteiger partial charge in [-0.3, -0.25) is 14.5 Å². The number of carbonyl (C=O) groups excluding carboxylic acids is 1. The molecule has 1 N–H and O–H groups in total. The number of amides is 1. The van der Waals surface area contributed by atoms with E-state index in [4.69, 9.17) is 0 Å². The number of aromatic nitrogens is 3. The second-order valence-electron chi connectivity index (χ2n) is 6.82. The summed E-state index contributed by atoms with van der Waals surface area (Å²) in [7, 11) is 4.00. The molecule has 1 atom stereocenters. The van der Waals surface area contributed by atoms with Crippen molar-refractivity contribution in [3.63, 3.8) is 0 Å². The quantitative estimate of drug-likeness (QED) is 0.543. The van der Waals surface area contributed by atoms with Gasteiger partial charge in [-0.25, -0.2) is 0 Å². The Balaban J connectivity index is 1.63. The van der Waals surface area contributed by atoms with Crippen LogP contribution >= 0.6 is 11.3 Å². The Morgan fingerprint density at radius 1 is 1.14 bits per heavy atom. The molecule has 0 spiro atoms. The van der Waals surface area contributed by atoms with Crippen molar-refractivity contribution in [2.24, 2.45) is 0 Å². The topological polar surface area (TPSA) is 62.5 Å². The monoisotopic (exact) mass is 391 g/mol. The molecule has 1 unspecified atom stereocenters. The molecular formula is C21H21N5OS. The Bertz CT molecular complexity index is 1070. The van der Waals surface area contributed by atoms with E-state index in [0.29, 0.717) is 18.0 Å². The molecule has 4 aromatic rings. The Morgan fingerprint density at radius 3 is 2.68 bits per heavy atom. The first-order valence-corrected chi connectivity index (χ1v) is 9.95. The van der Waals surface area contributed by atoms with E-state index in [1.54, 1.807) is 15.7 Å². The Kier molecular flexibility index (Phi) is 5.08. The smallest absolute Gasteiger partial charge is 0.235 e. The molecule has 7 heteroatoms. The largest absolute Gasteiger partial charge is 0.378 e. The van der Waals surface area contributed by atoms with Gasteiger partial charge < -0.3 is 4.90 Å². The molecule has 3 aromatic heterocycles. The zero-order valence-electron chi connectivity index (χ0n) is 15.7. The SMILES string of the molecule is CN(C)c1ccc(C(Cc2ccsc2)C(=O)Nc2nnc3ccccn23)cc1. The highest BCUT2D eigenvalue weighted by Gasteiger charge is 2.23. The van der Waals surface area contributed by atoms with Gasteiger partial charge in [-0.15, -0.1) is 10.2 Å². The molecule has 0 radical (unpaired) electrons. The van der Waals surface area contributed by atoms with Gasteiger partial charge >= 0.3 is 0 Å². The summed E-state index contributed by atoms with van der Waals surface area (Å²) in [6.45, 7) is 0. The highest BCUT2D eigenvalue weighted by atomic mass is 32.1. The van der Waals surface area contributed by atoms with Gasteiger partial charge in [0.15, 0.2) is 5.65 Å². The van der Waals surface area contributed by atoms with E-state index in [9.17, 15) is 4.79 Å². The van der Waals surface area contributed by atoms with E-state index in [0.717, 1.165) is 16.8 Å². The number of benzene rings is 1. The van der Waals surface area contributed by atoms with Crippen molar-refractivity contribution in [1.29, 1.82) is 0 Å². The lowest BCUT2D eigenvalue weighted by Crippen LogP contribution is -2.24. The first kappa shape index (κ1) is 18.2. The van der Waals surface area contributed by atoms with Crippen LogP contribution in [0.4, 0.5) is 11.6 Å². The summed E-state index contributed by atoms with van der Waals surface area (Å²) < 4.78 is 1.77. The fraction of sp³-hybridized carbons (Fsp3) is 0.190. The molecule has 0 saturated carbocycles. The highest BCUT2D eigenvalue weighted by Crippen LogP contribution is 2.26. The van der Waals surface area contributed by atoms with Crippen molar-refractivity contribution in [3.05, 3.63) is 76.6 Å². The number of pyridine rings is 1. The molecule has 0 bridgehead atoms. The predicted molar refractivity (Wildman–Crippen MR) is 113 cm³/mol. The van der Waals surface area contributed by atoms with E-state index in [1.165, 1.54) is 0 Å². The average Bonchev–Trinajstić information content (AvgIpc) is 3.36. The summed E-state index contributed by atoms with van der Waals surface area (Å²) in [6, 6.07) is 15.8. The van der Waals surface area contributed by atoms with Gasteiger partial charge in [0.2, 0.25) is 11.9 Å². The van der Waals surface area contributed by atoms with E-state index >= 15 is 0 Å². The lowest BCUT2D eigenvalue weighted by Gasteiger charge is -2.18. The molecule has 0 aliphatic heterocycles. The zero-order valence-corrected chi connectivity index (χ0v) is 16.6. The molecule has 0 saturated heterocycles. The Hall–Kier alpha value is -3.19. The number of nitrogens with one attached hydrogen (secondary N) is 1. The van der Waals surface area contributed by atoms with E-state index in [-0.39, 0.29) is 11.8 Å². The molecule has 28 heavy (non-hydrogen) atoms. The van der Waals surface area contributed by atoms with Gasteiger partial charge in [-0.05, 0) is 58.6 Å². The Labute approximate surface area is 167 Å². The van der Waals surface area contributed by atoms with E-state index < -0.39 is 0 Å². The van der Waals surface area contributed by atoms with Crippen LogP contribution in [0.25, 0.3) is 5.65 Å². The molecule has 0 aliphatic carbocycles. The first-order valence-electron chi connectivity index (χ1n) is 9.01. The highest BCUT2D eigenvalue weighted by molar-refractivity contribution is 7.07. The van der Waals surface area contributed by atoms with Crippen LogP contribution in [0.2, 0.25) is 0 Å². The van der Waals surface area contributed by atoms with Crippen LogP contribution in [-0.4, -0.2) is 34.6 Å². The molecule has 1 amide bonds. The number of fused-ring (bicyclic) bond motifs is 1. The van der Waals surface area contributed by atoms with Crippen molar-refractivity contribution in [3.8, 4) is 0 Å². The summed E-state index contributed by atoms with van der Waals surface area (Å²) in [5, 5.41) is 15.3. The predicted octanol–water partition coefficient (Wildman–Crippen LogP) is 3.82. The van der Waals surface area contributed by atoms with Gasteiger partial charge in [0.1, 0.15) is 0 Å². The molecule has 1 aromatic carbocycles. The van der Waals surface area contributed by atoms with Crippen molar-refractivity contribution < 1.29 is 4.79 Å². The summed E-state index contributed by atoms with van der Waals surface area (Å²) in [5.74, 6) is 0.0182. The van der Waals surface area contributed by atoms with Crippen LogP contribution in [0.15, 0.2) is 65.5 Å². The lowest BCUT2D eigenvalue weighted by atomic mass is 9.92. The third kappa shape index (κ3) is 3.75. The maximum Gasteiger partial charge on any atom is 0.235 e. The fourth-order valence-corrected chi connectivity index (χ4v) is 3.82. The van der Waals surface area contributed by atoms with Gasteiger partial charge in [0, 0.05) is 26.0 Å². The van der Waals surface area contributed by atoms with E-state index in [1.807, 2.05) is 73.0 Å². The summed E-state index contributed by atoms with van der Waals surface area (Å²) in [5.41, 5.74) is 3.92. The van der Waals surface area contributed by atoms with Crippen LogP contribution in [0, 0.1) is 0 Å². The molecule has 0 aliphatic rings. The number of thiophene rings is 1. The van der Waals surface area contributed by atoms with Crippen molar-refractivity contribution in [2.45, 2.75) is 12.3 Å². The molecular weight excluding hydrogens is 370 g/mol. The second-order valence-corrected chi connectivity index (χ2v) is 7.60. The van der Waals surface area contributed by atoms with Gasteiger partial charge in [0.05, 0.1) is 5.92 Å². The van der Waals surface area contributed by atoms with Crippen LogP contribution in [0.1, 0.15) is 17.0 Å². The maximum atomic E-state index is 13.2. The first-order chi connectivity index (χ1) is 13.6. The zero-order chi connectivity index (χ0) is 19.5. The number of carbonyl (C=O) groups is 1. The van der Waals surface area contributed by atoms with Crippen LogP contribution in [-0.2, 0) is 11.2 Å². The third-order valence-electron chi connectivity index (χ3n) is 4.70. The maximum absolute atomic E-state index is 13.2. The van der Waals surface area contributed by atoms with Crippen LogP contribution in [0.3, 0.4) is 0 Å². The standard InChI is InChI=1S/C21H21N5OS/c1-25(2)17-8-6-16(7-9-17)18(13-15-10-12-28-14-15)20(27)22-21-24-23-19-5-3-4-11-26(19)21/h3-12,14,18H,13H2,1-2H3,(H,22,24,27). The van der Waals surface area contributed by atoms with Crippen LogP contribution in [0.5, 0.6) is 0 Å². The summed E-state index contributed by atoms with van der Waals surface area (Å²) in [6.07, 6.45) is 2.47. The second kappa shape index (κ2) is 7.82. The molecule has 142 valence electrons. The fourth-order valence-electron chi connectivity index (χ4n) is 3.14. The minimum Gasteiger partial charge on any atom is -0.378 e. The number of hydrogen-bond acceptors (Lipinski definition) is 5. The minimum absolute atomic E-state index is 0.0954. The number of anilines is 2. The lowest BCUT2D eigenvalue weighted by molar-refractivity contribution is -0.117. The normalized spacial score (nSPS) is 12.1. The molecule has 0 fully saturated rings.